The summed E-state index contributed by atoms with van der Waals surface area (Å²) >= 11 is 0. The van der Waals surface area contributed by atoms with Crippen molar-refractivity contribution in [3.63, 3.8) is 0 Å². The molecule has 0 saturated carbocycles. The van der Waals surface area contributed by atoms with Gasteiger partial charge in [0.1, 0.15) is 5.56 Å². The number of hydrogen-bond acceptors (Lipinski definition) is 3. The minimum atomic E-state index is -0.364. The van der Waals surface area contributed by atoms with E-state index in [-0.39, 0.29) is 5.97 Å². The second-order valence-corrected chi connectivity index (χ2v) is 4.17. The monoisotopic (exact) mass is 240 g/mol. The molecule has 0 amide bonds. The first-order chi connectivity index (χ1) is 8.72. The van der Waals surface area contributed by atoms with Gasteiger partial charge in [-0.1, -0.05) is 18.2 Å². The molecule has 90 valence electrons. The Bertz CT molecular complexity index is 759. The number of hydrogen-bond donors (Lipinski definition) is 1. The van der Waals surface area contributed by atoms with Crippen LogP contribution in [0.15, 0.2) is 30.5 Å². The highest BCUT2D eigenvalue weighted by Crippen LogP contribution is 2.28. The van der Waals surface area contributed by atoms with Crippen molar-refractivity contribution in [2.24, 2.45) is 0 Å². The Hall–Kier alpha value is -2.36. The van der Waals surface area contributed by atoms with E-state index in [1.54, 1.807) is 13.1 Å². The summed E-state index contributed by atoms with van der Waals surface area (Å²) in [7, 11) is 1.38. The number of carbonyl (C=O) groups excluding carboxylic acids is 1. The second-order valence-electron chi connectivity index (χ2n) is 4.17. The van der Waals surface area contributed by atoms with Gasteiger partial charge in [0.15, 0.2) is 0 Å². The summed E-state index contributed by atoms with van der Waals surface area (Å²) in [5.74, 6) is -0.364. The predicted octanol–water partition coefficient (Wildman–Crippen LogP) is 2.81. The molecule has 1 N–H and O–H groups in total. The summed E-state index contributed by atoms with van der Waals surface area (Å²) in [6.07, 6.45) is 1.79. The first kappa shape index (κ1) is 10.8. The SMILES string of the molecule is COC(=O)c1c(C)ncc2c1[nH]c1ccccc12. The maximum absolute atomic E-state index is 11.8. The minimum Gasteiger partial charge on any atom is -0.465 e. The molecule has 0 bridgehead atoms. The van der Waals surface area contributed by atoms with Gasteiger partial charge in [0, 0.05) is 22.5 Å². The summed E-state index contributed by atoms with van der Waals surface area (Å²) in [5.41, 5.74) is 2.95. The summed E-state index contributed by atoms with van der Waals surface area (Å²) in [4.78, 5) is 19.4. The molecule has 0 spiro atoms. The number of aromatic amines is 1. The molecule has 4 nitrogen and oxygen atoms in total. The molecule has 2 heterocycles. The lowest BCUT2D eigenvalue weighted by atomic mass is 10.1. The van der Waals surface area contributed by atoms with Crippen LogP contribution in [0.25, 0.3) is 21.8 Å². The van der Waals surface area contributed by atoms with Crippen LogP contribution in [0.5, 0.6) is 0 Å². The summed E-state index contributed by atoms with van der Waals surface area (Å²) in [6.45, 7) is 1.80. The van der Waals surface area contributed by atoms with Crippen LogP contribution in [0, 0.1) is 6.92 Å². The number of esters is 1. The fourth-order valence-corrected chi connectivity index (χ4v) is 2.25. The van der Waals surface area contributed by atoms with Gasteiger partial charge < -0.3 is 9.72 Å². The molecule has 0 aliphatic carbocycles. The van der Waals surface area contributed by atoms with E-state index in [0.717, 1.165) is 21.8 Å². The lowest BCUT2D eigenvalue weighted by Gasteiger charge is -2.04. The number of para-hydroxylation sites is 1. The number of carbonyl (C=O) groups is 1. The van der Waals surface area contributed by atoms with Gasteiger partial charge in [-0.15, -0.1) is 0 Å². The molecule has 2 aromatic heterocycles. The third-order valence-corrected chi connectivity index (χ3v) is 3.13. The molecular weight excluding hydrogens is 228 g/mol. The number of benzene rings is 1. The highest BCUT2D eigenvalue weighted by Gasteiger charge is 2.17. The fraction of sp³-hybridized carbons (Fsp3) is 0.143. The number of nitrogens with one attached hydrogen (secondary N) is 1. The Morgan fingerprint density at radius 3 is 2.83 bits per heavy atom. The summed E-state index contributed by atoms with van der Waals surface area (Å²) in [6, 6.07) is 7.90. The van der Waals surface area contributed by atoms with Crippen LogP contribution in [0.4, 0.5) is 0 Å². The molecule has 4 heteroatoms. The van der Waals surface area contributed by atoms with E-state index in [4.69, 9.17) is 4.74 Å². The van der Waals surface area contributed by atoms with E-state index in [2.05, 4.69) is 9.97 Å². The Morgan fingerprint density at radius 2 is 2.06 bits per heavy atom. The molecule has 1 aromatic carbocycles. The number of fused-ring (bicyclic) bond motifs is 3. The Labute approximate surface area is 104 Å². The molecule has 18 heavy (non-hydrogen) atoms. The lowest BCUT2D eigenvalue weighted by molar-refractivity contribution is 0.0601. The number of H-pyrrole nitrogens is 1. The summed E-state index contributed by atoms with van der Waals surface area (Å²) in [5, 5.41) is 2.00. The molecule has 0 fully saturated rings. The van der Waals surface area contributed by atoms with Crippen molar-refractivity contribution in [2.45, 2.75) is 6.92 Å². The Morgan fingerprint density at radius 1 is 1.28 bits per heavy atom. The molecule has 0 aliphatic heterocycles. The van der Waals surface area contributed by atoms with E-state index in [0.29, 0.717) is 11.3 Å². The Balaban J connectivity index is 2.47. The lowest BCUT2D eigenvalue weighted by Crippen LogP contribution is -2.06. The zero-order valence-corrected chi connectivity index (χ0v) is 10.2. The van der Waals surface area contributed by atoms with Gasteiger partial charge in [-0.3, -0.25) is 4.98 Å². The Kier molecular flexibility index (Phi) is 2.30. The maximum Gasteiger partial charge on any atom is 0.341 e. The van der Waals surface area contributed by atoms with E-state index >= 15 is 0 Å². The van der Waals surface area contributed by atoms with Gasteiger partial charge in [0.25, 0.3) is 0 Å². The van der Waals surface area contributed by atoms with Crippen LogP contribution in [0.3, 0.4) is 0 Å². The smallest absolute Gasteiger partial charge is 0.341 e. The highest BCUT2D eigenvalue weighted by atomic mass is 16.5. The van der Waals surface area contributed by atoms with E-state index in [1.807, 2.05) is 24.3 Å². The van der Waals surface area contributed by atoms with Crippen molar-refractivity contribution in [2.75, 3.05) is 7.11 Å². The van der Waals surface area contributed by atoms with Crippen molar-refractivity contribution in [1.29, 1.82) is 0 Å². The molecule has 0 saturated heterocycles. The van der Waals surface area contributed by atoms with Crippen LogP contribution in [-0.2, 0) is 4.74 Å². The van der Waals surface area contributed by atoms with Gasteiger partial charge in [-0.25, -0.2) is 4.79 Å². The number of nitrogens with zero attached hydrogens (tertiary/aromatic N) is 1. The molecule has 3 aromatic rings. The molecule has 3 rings (SSSR count). The van der Waals surface area contributed by atoms with Crippen molar-refractivity contribution < 1.29 is 9.53 Å². The highest BCUT2D eigenvalue weighted by molar-refractivity contribution is 6.13. The van der Waals surface area contributed by atoms with Crippen LogP contribution in [0.1, 0.15) is 16.1 Å². The maximum atomic E-state index is 11.8. The van der Waals surface area contributed by atoms with Crippen LogP contribution < -0.4 is 0 Å². The summed E-state index contributed by atoms with van der Waals surface area (Å²) < 4.78 is 4.82. The van der Waals surface area contributed by atoms with Gasteiger partial charge in [-0.2, -0.15) is 0 Å². The third kappa shape index (κ3) is 1.39. The van der Waals surface area contributed by atoms with Gasteiger partial charge >= 0.3 is 5.97 Å². The number of pyridine rings is 1. The third-order valence-electron chi connectivity index (χ3n) is 3.13. The van der Waals surface area contributed by atoms with Crippen LogP contribution >= 0.6 is 0 Å². The topological polar surface area (TPSA) is 55.0 Å². The number of methoxy groups -OCH3 is 1. The second kappa shape index (κ2) is 3.84. The first-order valence-electron chi connectivity index (χ1n) is 5.66. The van der Waals surface area contributed by atoms with Crippen molar-refractivity contribution in [3.8, 4) is 0 Å². The number of aryl methyl sites for hydroxylation is 1. The quantitative estimate of drug-likeness (QED) is 0.665. The first-order valence-corrected chi connectivity index (χ1v) is 5.66. The van der Waals surface area contributed by atoms with Crippen LogP contribution in [-0.4, -0.2) is 23.0 Å². The standard InChI is InChI=1S/C14H12N2O2/c1-8-12(14(17)18-2)13-10(7-15-8)9-5-3-4-6-11(9)16-13/h3-7,16H,1-2H3. The normalized spacial score (nSPS) is 11.0. The molecular formula is C14H12N2O2. The number of ether oxygens (including phenoxy) is 1. The fourth-order valence-electron chi connectivity index (χ4n) is 2.25. The molecule has 0 unspecified atom stereocenters. The average molecular weight is 240 g/mol. The zero-order valence-electron chi connectivity index (χ0n) is 10.2. The number of rotatable bonds is 1. The van der Waals surface area contributed by atoms with Crippen LogP contribution in [0.2, 0.25) is 0 Å². The largest absolute Gasteiger partial charge is 0.465 e. The van der Waals surface area contributed by atoms with Crippen molar-refractivity contribution in [1.82, 2.24) is 9.97 Å². The van der Waals surface area contributed by atoms with Crippen molar-refractivity contribution in [3.05, 3.63) is 41.7 Å². The van der Waals surface area contributed by atoms with E-state index in [9.17, 15) is 4.79 Å². The zero-order chi connectivity index (χ0) is 12.7. The molecule has 0 radical (unpaired) electrons. The molecule has 0 aliphatic rings. The minimum absolute atomic E-state index is 0.364. The van der Waals surface area contributed by atoms with Gasteiger partial charge in [0.2, 0.25) is 0 Å². The average Bonchev–Trinajstić information content (AvgIpc) is 2.76. The predicted molar refractivity (Wildman–Crippen MR) is 69.7 cm³/mol. The molecule has 0 atom stereocenters. The van der Waals surface area contributed by atoms with E-state index < -0.39 is 0 Å². The van der Waals surface area contributed by atoms with Crippen molar-refractivity contribution >= 4 is 27.8 Å². The number of aromatic nitrogens is 2. The van der Waals surface area contributed by atoms with Gasteiger partial charge in [-0.05, 0) is 13.0 Å². The van der Waals surface area contributed by atoms with E-state index in [1.165, 1.54) is 7.11 Å². The van der Waals surface area contributed by atoms with Gasteiger partial charge in [0.05, 0.1) is 18.3 Å².